The number of amides is 1. The van der Waals surface area contributed by atoms with Gasteiger partial charge in [-0.3, -0.25) is 4.79 Å². The van der Waals surface area contributed by atoms with Crippen LogP contribution >= 0.6 is 0 Å². The van der Waals surface area contributed by atoms with Crippen molar-refractivity contribution in [3.8, 4) is 0 Å². The predicted octanol–water partition coefficient (Wildman–Crippen LogP) is -0.247. The molecule has 0 spiro atoms. The molecular weight excluding hydrogens is 226 g/mol. The smallest absolute Gasteiger partial charge is 0.332 e. The van der Waals surface area contributed by atoms with Crippen molar-refractivity contribution < 1.29 is 24.5 Å². The van der Waals surface area contributed by atoms with Gasteiger partial charge in [0.15, 0.2) is 6.10 Å². The molecule has 0 saturated carbocycles. The largest absolute Gasteiger partial charge is 0.479 e. The highest BCUT2D eigenvalue weighted by atomic mass is 16.5. The van der Waals surface area contributed by atoms with Gasteiger partial charge in [0.2, 0.25) is 5.91 Å². The maximum Gasteiger partial charge on any atom is 0.332 e. The number of rotatable bonds is 6. The Hall–Kier alpha value is -1.14. The van der Waals surface area contributed by atoms with E-state index in [0.29, 0.717) is 25.8 Å². The van der Waals surface area contributed by atoms with Gasteiger partial charge in [-0.2, -0.15) is 0 Å². The third kappa shape index (κ3) is 4.32. The summed E-state index contributed by atoms with van der Waals surface area (Å²) in [5, 5.41) is 20.1. The zero-order valence-corrected chi connectivity index (χ0v) is 9.89. The predicted molar refractivity (Wildman–Crippen MR) is 59.4 cm³/mol. The Morgan fingerprint density at radius 3 is 2.59 bits per heavy atom. The van der Waals surface area contributed by atoms with Crippen molar-refractivity contribution in [3.05, 3.63) is 0 Å². The summed E-state index contributed by atoms with van der Waals surface area (Å²) in [7, 11) is 0. The molecule has 0 aliphatic carbocycles. The summed E-state index contributed by atoms with van der Waals surface area (Å²) >= 11 is 0. The second-order valence-corrected chi connectivity index (χ2v) is 4.39. The molecule has 3 unspecified atom stereocenters. The van der Waals surface area contributed by atoms with Crippen LogP contribution in [0.1, 0.15) is 26.2 Å². The molecule has 3 atom stereocenters. The second kappa shape index (κ2) is 6.56. The summed E-state index contributed by atoms with van der Waals surface area (Å²) in [6.07, 6.45) is -0.0709. The van der Waals surface area contributed by atoms with Crippen molar-refractivity contribution in [1.29, 1.82) is 0 Å². The normalized spacial score (nSPS) is 25.5. The van der Waals surface area contributed by atoms with Crippen LogP contribution in [0, 0.1) is 5.92 Å². The monoisotopic (exact) mass is 245 g/mol. The molecule has 0 aromatic rings. The van der Waals surface area contributed by atoms with Crippen molar-refractivity contribution in [1.82, 2.24) is 5.32 Å². The number of aliphatic hydroxyl groups is 1. The summed E-state index contributed by atoms with van der Waals surface area (Å²) in [5.74, 6) is -1.09. The van der Waals surface area contributed by atoms with Crippen LogP contribution in [0.5, 0.6) is 0 Å². The third-order valence-electron chi connectivity index (χ3n) is 2.83. The van der Waals surface area contributed by atoms with Gasteiger partial charge in [0.25, 0.3) is 0 Å². The Labute approximate surface area is 100.0 Å². The van der Waals surface area contributed by atoms with E-state index in [0.717, 1.165) is 0 Å². The van der Waals surface area contributed by atoms with E-state index < -0.39 is 18.2 Å². The summed E-state index contributed by atoms with van der Waals surface area (Å²) in [5.41, 5.74) is 0. The van der Waals surface area contributed by atoms with Crippen molar-refractivity contribution in [3.63, 3.8) is 0 Å². The van der Waals surface area contributed by atoms with Crippen LogP contribution < -0.4 is 5.32 Å². The quantitative estimate of drug-likeness (QED) is 0.600. The van der Waals surface area contributed by atoms with Crippen molar-refractivity contribution in [2.24, 2.45) is 5.92 Å². The minimum absolute atomic E-state index is 0.0953. The van der Waals surface area contributed by atoms with Crippen LogP contribution in [-0.4, -0.2) is 47.4 Å². The van der Waals surface area contributed by atoms with Crippen LogP contribution in [0.25, 0.3) is 0 Å². The fourth-order valence-electron chi connectivity index (χ4n) is 1.72. The molecule has 0 aromatic carbocycles. The summed E-state index contributed by atoms with van der Waals surface area (Å²) in [4.78, 5) is 22.3. The lowest BCUT2D eigenvalue weighted by atomic mass is 10.1. The molecule has 1 heterocycles. The van der Waals surface area contributed by atoms with Crippen LogP contribution in [0.4, 0.5) is 0 Å². The summed E-state index contributed by atoms with van der Waals surface area (Å²) < 4.78 is 5.12. The van der Waals surface area contributed by atoms with Gasteiger partial charge in [0.1, 0.15) is 6.10 Å². The summed E-state index contributed by atoms with van der Waals surface area (Å²) in [6.45, 7) is 2.49. The lowest BCUT2D eigenvalue weighted by Gasteiger charge is -2.14. The van der Waals surface area contributed by atoms with Gasteiger partial charge in [-0.15, -0.1) is 0 Å². The van der Waals surface area contributed by atoms with Crippen molar-refractivity contribution >= 4 is 11.9 Å². The highest BCUT2D eigenvalue weighted by molar-refractivity contribution is 5.82. The van der Waals surface area contributed by atoms with Gasteiger partial charge < -0.3 is 20.3 Å². The summed E-state index contributed by atoms with van der Waals surface area (Å²) in [6, 6.07) is 0. The number of hydrogen-bond donors (Lipinski definition) is 3. The van der Waals surface area contributed by atoms with Crippen LogP contribution in [-0.2, 0) is 14.3 Å². The van der Waals surface area contributed by atoms with Crippen LogP contribution in [0.2, 0.25) is 0 Å². The van der Waals surface area contributed by atoms with E-state index >= 15 is 0 Å². The molecule has 0 aromatic heterocycles. The Morgan fingerprint density at radius 1 is 1.41 bits per heavy atom. The van der Waals surface area contributed by atoms with Gasteiger partial charge in [-0.05, 0) is 25.2 Å². The van der Waals surface area contributed by atoms with E-state index in [-0.39, 0.29) is 18.4 Å². The molecule has 1 rings (SSSR count). The Balaban J connectivity index is 2.27. The molecule has 17 heavy (non-hydrogen) atoms. The first-order valence-corrected chi connectivity index (χ1v) is 5.81. The maximum atomic E-state index is 11.6. The average molecular weight is 245 g/mol. The zero-order valence-electron chi connectivity index (χ0n) is 9.89. The van der Waals surface area contributed by atoms with Gasteiger partial charge in [-0.25, -0.2) is 4.79 Å². The molecule has 6 nitrogen and oxygen atoms in total. The van der Waals surface area contributed by atoms with Gasteiger partial charge in [-0.1, -0.05) is 6.92 Å². The first-order chi connectivity index (χ1) is 8.04. The number of nitrogens with one attached hydrogen (secondary N) is 1. The lowest BCUT2D eigenvalue weighted by molar-refractivity contribution is -0.151. The molecule has 1 amide bonds. The average Bonchev–Trinajstić information content (AvgIpc) is 2.75. The molecule has 1 fully saturated rings. The maximum absolute atomic E-state index is 11.6. The van der Waals surface area contributed by atoms with E-state index in [2.05, 4.69) is 5.32 Å². The number of carbonyl (C=O) groups is 2. The Bertz CT molecular complexity index is 281. The van der Waals surface area contributed by atoms with Crippen LogP contribution in [0.3, 0.4) is 0 Å². The van der Waals surface area contributed by atoms with Crippen molar-refractivity contribution in [2.75, 3.05) is 13.2 Å². The number of ether oxygens (including phenoxy) is 1. The lowest BCUT2D eigenvalue weighted by Crippen LogP contribution is -2.37. The number of aliphatic hydroxyl groups excluding tert-OH is 1. The molecule has 1 aliphatic rings. The molecule has 0 radical (unpaired) electrons. The first-order valence-electron chi connectivity index (χ1n) is 5.81. The van der Waals surface area contributed by atoms with Crippen molar-refractivity contribution in [2.45, 2.75) is 38.4 Å². The van der Waals surface area contributed by atoms with E-state index in [1.54, 1.807) is 0 Å². The molecule has 1 saturated heterocycles. The Kier molecular flexibility index (Phi) is 5.37. The number of aliphatic carboxylic acids is 1. The highest BCUT2D eigenvalue weighted by Crippen LogP contribution is 2.19. The van der Waals surface area contributed by atoms with E-state index in [9.17, 15) is 9.59 Å². The number of carboxylic acids is 1. The minimum Gasteiger partial charge on any atom is -0.479 e. The van der Waals surface area contributed by atoms with Gasteiger partial charge in [0.05, 0.1) is 0 Å². The Morgan fingerprint density at radius 2 is 2.06 bits per heavy atom. The fourth-order valence-corrected chi connectivity index (χ4v) is 1.72. The molecule has 98 valence electrons. The zero-order chi connectivity index (χ0) is 12.8. The topological polar surface area (TPSA) is 95.9 Å². The molecular formula is C11H19NO5. The number of carboxylic acid groups (broad SMARTS) is 1. The van der Waals surface area contributed by atoms with Gasteiger partial charge in [0, 0.05) is 13.2 Å². The first kappa shape index (κ1) is 13.9. The fraction of sp³-hybridized carbons (Fsp3) is 0.818. The molecule has 3 N–H and O–H groups in total. The van der Waals surface area contributed by atoms with Gasteiger partial charge >= 0.3 is 5.97 Å². The molecule has 6 heteroatoms. The number of hydrogen-bond acceptors (Lipinski definition) is 4. The number of carbonyl (C=O) groups excluding carboxylic acids is 1. The van der Waals surface area contributed by atoms with Crippen LogP contribution in [0.15, 0.2) is 0 Å². The minimum atomic E-state index is -1.02. The molecule has 1 aliphatic heterocycles. The third-order valence-corrected chi connectivity index (χ3v) is 2.83. The molecule has 0 bridgehead atoms. The highest BCUT2D eigenvalue weighted by Gasteiger charge is 2.34. The van der Waals surface area contributed by atoms with E-state index in [4.69, 9.17) is 14.9 Å². The second-order valence-electron chi connectivity index (χ2n) is 4.39. The van der Waals surface area contributed by atoms with E-state index in [1.165, 1.54) is 0 Å². The standard InChI is InChI=1S/C11H19NO5/c1-7(4-5-13)6-12-10(14)8-2-3-9(17-8)11(15)16/h7-9,13H,2-6H2,1H3,(H,12,14)(H,15,16). The SMILES string of the molecule is CC(CCO)CNC(=O)C1CCC(C(=O)O)O1. The van der Waals surface area contributed by atoms with E-state index in [1.807, 2.05) is 6.92 Å².